The first-order valence-corrected chi connectivity index (χ1v) is 6.16. The predicted molar refractivity (Wildman–Crippen MR) is 77.5 cm³/mol. The van der Waals surface area contributed by atoms with E-state index in [1.165, 1.54) is 0 Å². The second-order valence-electron chi connectivity index (χ2n) is 4.30. The van der Waals surface area contributed by atoms with Gasteiger partial charge in [-0.25, -0.2) is 4.98 Å². The second kappa shape index (κ2) is 5.28. The molecule has 2 aromatic rings. The average molecular weight is 276 g/mol. The van der Waals surface area contributed by atoms with Crippen LogP contribution in [0.3, 0.4) is 0 Å². The van der Waals surface area contributed by atoms with Gasteiger partial charge in [0.15, 0.2) is 0 Å². The van der Waals surface area contributed by atoms with Crippen molar-refractivity contribution >= 4 is 28.9 Å². The molecule has 0 atom stereocenters. The number of aromatic nitrogens is 1. The molecule has 0 aliphatic heterocycles. The summed E-state index contributed by atoms with van der Waals surface area (Å²) in [4.78, 5) is 16.3. The molecule has 3 N–H and O–H groups in total. The molecule has 0 aliphatic carbocycles. The molecule has 0 fully saturated rings. The van der Waals surface area contributed by atoms with Gasteiger partial charge in [0.1, 0.15) is 5.15 Å². The molecule has 2 rings (SSSR count). The SMILES string of the molecule is Cc1ccc(N)cc1C(=O)Nc1ccc(Cl)nc1C. The highest BCUT2D eigenvalue weighted by Gasteiger charge is 2.11. The van der Waals surface area contributed by atoms with E-state index < -0.39 is 0 Å². The fraction of sp³-hybridized carbons (Fsp3) is 0.143. The van der Waals surface area contributed by atoms with Crippen LogP contribution in [0, 0.1) is 13.8 Å². The molecule has 5 heteroatoms. The van der Waals surface area contributed by atoms with Gasteiger partial charge in [0, 0.05) is 11.3 Å². The van der Waals surface area contributed by atoms with Crippen LogP contribution in [0.1, 0.15) is 21.6 Å². The smallest absolute Gasteiger partial charge is 0.256 e. The van der Waals surface area contributed by atoms with Crippen molar-refractivity contribution in [3.63, 3.8) is 0 Å². The number of nitrogens with two attached hydrogens (primary N) is 1. The van der Waals surface area contributed by atoms with E-state index in [9.17, 15) is 4.79 Å². The van der Waals surface area contributed by atoms with E-state index in [1.807, 2.05) is 13.0 Å². The molecular formula is C14H14ClN3O. The first kappa shape index (κ1) is 13.4. The minimum Gasteiger partial charge on any atom is -0.399 e. The zero-order valence-electron chi connectivity index (χ0n) is 10.7. The highest BCUT2D eigenvalue weighted by atomic mass is 35.5. The molecule has 0 saturated heterocycles. The fourth-order valence-electron chi connectivity index (χ4n) is 1.74. The minimum absolute atomic E-state index is 0.211. The summed E-state index contributed by atoms with van der Waals surface area (Å²) in [5.41, 5.74) is 8.98. The molecule has 0 unspecified atom stereocenters. The second-order valence-corrected chi connectivity index (χ2v) is 4.68. The first-order chi connectivity index (χ1) is 8.97. The molecule has 98 valence electrons. The quantitative estimate of drug-likeness (QED) is 0.653. The van der Waals surface area contributed by atoms with Gasteiger partial charge in [-0.3, -0.25) is 4.79 Å². The number of nitrogens with zero attached hydrogens (tertiary/aromatic N) is 1. The largest absolute Gasteiger partial charge is 0.399 e. The van der Waals surface area contributed by atoms with E-state index in [1.54, 1.807) is 31.2 Å². The summed E-state index contributed by atoms with van der Waals surface area (Å²) in [6.07, 6.45) is 0. The van der Waals surface area contributed by atoms with Crippen LogP contribution in [-0.2, 0) is 0 Å². The van der Waals surface area contributed by atoms with E-state index in [0.717, 1.165) is 5.56 Å². The molecule has 0 saturated carbocycles. The number of rotatable bonds is 2. The highest BCUT2D eigenvalue weighted by molar-refractivity contribution is 6.29. The van der Waals surface area contributed by atoms with Crippen LogP contribution >= 0.6 is 11.6 Å². The Morgan fingerprint density at radius 3 is 2.68 bits per heavy atom. The number of anilines is 2. The summed E-state index contributed by atoms with van der Waals surface area (Å²) in [5, 5.41) is 3.20. The van der Waals surface area contributed by atoms with Gasteiger partial charge in [0.2, 0.25) is 0 Å². The van der Waals surface area contributed by atoms with Crippen LogP contribution in [0.2, 0.25) is 5.15 Å². The molecule has 1 aromatic heterocycles. The molecule has 1 aromatic carbocycles. The standard InChI is InChI=1S/C14H14ClN3O/c1-8-3-4-10(16)7-11(8)14(19)18-12-5-6-13(15)17-9(12)2/h3-7H,16H2,1-2H3,(H,18,19). The highest BCUT2D eigenvalue weighted by Crippen LogP contribution is 2.19. The number of halogens is 1. The van der Waals surface area contributed by atoms with Crippen LogP contribution in [0.5, 0.6) is 0 Å². The van der Waals surface area contributed by atoms with Crippen LogP contribution in [0.15, 0.2) is 30.3 Å². The first-order valence-electron chi connectivity index (χ1n) is 5.78. The number of benzene rings is 1. The zero-order valence-corrected chi connectivity index (χ0v) is 11.5. The molecule has 1 heterocycles. The molecule has 0 radical (unpaired) electrons. The molecular weight excluding hydrogens is 262 g/mol. The van der Waals surface area contributed by atoms with E-state index in [2.05, 4.69) is 10.3 Å². The lowest BCUT2D eigenvalue weighted by Gasteiger charge is -2.10. The van der Waals surface area contributed by atoms with Crippen LogP contribution < -0.4 is 11.1 Å². The topological polar surface area (TPSA) is 68.0 Å². The van der Waals surface area contributed by atoms with Crippen molar-refractivity contribution in [1.29, 1.82) is 0 Å². The van der Waals surface area contributed by atoms with Gasteiger partial charge in [-0.1, -0.05) is 17.7 Å². The molecule has 1 amide bonds. The van der Waals surface area contributed by atoms with Gasteiger partial charge in [-0.2, -0.15) is 0 Å². The Balaban J connectivity index is 2.28. The van der Waals surface area contributed by atoms with Gasteiger partial charge in [0.25, 0.3) is 5.91 Å². The maximum Gasteiger partial charge on any atom is 0.256 e. The number of carbonyl (C=O) groups is 1. The lowest BCUT2D eigenvalue weighted by molar-refractivity contribution is 0.102. The maximum absolute atomic E-state index is 12.2. The van der Waals surface area contributed by atoms with Gasteiger partial charge in [0.05, 0.1) is 11.4 Å². The Bertz CT molecular complexity index is 641. The number of nitrogens with one attached hydrogen (secondary N) is 1. The summed E-state index contributed by atoms with van der Waals surface area (Å²) in [6, 6.07) is 8.60. The lowest BCUT2D eigenvalue weighted by Crippen LogP contribution is -2.15. The summed E-state index contributed by atoms with van der Waals surface area (Å²) in [5.74, 6) is -0.211. The Kier molecular flexibility index (Phi) is 3.71. The van der Waals surface area contributed by atoms with Crippen molar-refractivity contribution < 1.29 is 4.79 Å². The minimum atomic E-state index is -0.211. The Morgan fingerprint density at radius 1 is 1.26 bits per heavy atom. The van der Waals surface area contributed by atoms with Crippen molar-refractivity contribution in [2.45, 2.75) is 13.8 Å². The number of hydrogen-bond acceptors (Lipinski definition) is 3. The van der Waals surface area contributed by atoms with Gasteiger partial charge in [-0.15, -0.1) is 0 Å². The summed E-state index contributed by atoms with van der Waals surface area (Å²) in [7, 11) is 0. The number of hydrogen-bond donors (Lipinski definition) is 2. The summed E-state index contributed by atoms with van der Waals surface area (Å²) < 4.78 is 0. The average Bonchev–Trinajstić information content (AvgIpc) is 2.35. The summed E-state index contributed by atoms with van der Waals surface area (Å²) in [6.45, 7) is 3.65. The van der Waals surface area contributed by atoms with Crippen molar-refractivity contribution in [2.24, 2.45) is 0 Å². The molecule has 0 spiro atoms. The maximum atomic E-state index is 12.2. The van der Waals surface area contributed by atoms with Gasteiger partial charge < -0.3 is 11.1 Å². The molecule has 19 heavy (non-hydrogen) atoms. The van der Waals surface area contributed by atoms with Crippen molar-refractivity contribution in [3.8, 4) is 0 Å². The lowest BCUT2D eigenvalue weighted by atomic mass is 10.1. The van der Waals surface area contributed by atoms with Crippen molar-refractivity contribution in [3.05, 3.63) is 52.3 Å². The Morgan fingerprint density at radius 2 is 2.00 bits per heavy atom. The van der Waals surface area contributed by atoms with Gasteiger partial charge >= 0.3 is 0 Å². The van der Waals surface area contributed by atoms with Crippen LogP contribution in [0.25, 0.3) is 0 Å². The molecule has 0 bridgehead atoms. The monoisotopic (exact) mass is 275 g/mol. The molecule has 4 nitrogen and oxygen atoms in total. The van der Waals surface area contributed by atoms with E-state index in [0.29, 0.717) is 27.8 Å². The number of nitrogen functional groups attached to an aromatic ring is 1. The summed E-state index contributed by atoms with van der Waals surface area (Å²) >= 11 is 5.78. The van der Waals surface area contributed by atoms with Crippen LogP contribution in [0.4, 0.5) is 11.4 Å². The van der Waals surface area contributed by atoms with Crippen LogP contribution in [-0.4, -0.2) is 10.9 Å². The third kappa shape index (κ3) is 3.03. The number of aryl methyl sites for hydroxylation is 2. The number of carbonyl (C=O) groups excluding carboxylic acids is 1. The Labute approximate surface area is 116 Å². The number of amides is 1. The van der Waals surface area contributed by atoms with E-state index in [-0.39, 0.29) is 5.91 Å². The zero-order chi connectivity index (χ0) is 14.0. The fourth-order valence-corrected chi connectivity index (χ4v) is 1.93. The third-order valence-corrected chi connectivity index (χ3v) is 3.02. The van der Waals surface area contributed by atoms with E-state index in [4.69, 9.17) is 17.3 Å². The normalized spacial score (nSPS) is 10.3. The van der Waals surface area contributed by atoms with E-state index >= 15 is 0 Å². The van der Waals surface area contributed by atoms with Crippen molar-refractivity contribution in [1.82, 2.24) is 4.98 Å². The van der Waals surface area contributed by atoms with Crippen molar-refractivity contribution in [2.75, 3.05) is 11.1 Å². The molecule has 0 aliphatic rings. The number of pyridine rings is 1. The Hall–Kier alpha value is -2.07. The third-order valence-electron chi connectivity index (χ3n) is 2.81. The predicted octanol–water partition coefficient (Wildman–Crippen LogP) is 3.19. The van der Waals surface area contributed by atoms with Gasteiger partial charge in [-0.05, 0) is 43.7 Å².